The van der Waals surface area contributed by atoms with Crippen molar-refractivity contribution in [2.24, 2.45) is 5.73 Å². The molecule has 0 heterocycles. The largest absolute Gasteiger partial charge is 0.330 e. The van der Waals surface area contributed by atoms with E-state index in [1.165, 1.54) is 63.4 Å². The molecule has 1 aromatic carbocycles. The highest BCUT2D eigenvalue weighted by Gasteiger charge is 1.93. The van der Waals surface area contributed by atoms with Gasteiger partial charge in [0.15, 0.2) is 0 Å². The first-order valence-corrected chi connectivity index (χ1v) is 8.38. The molecule has 20 heavy (non-hydrogen) atoms. The van der Waals surface area contributed by atoms with Gasteiger partial charge in [0.05, 0.1) is 0 Å². The van der Waals surface area contributed by atoms with Crippen LogP contribution in [0.3, 0.4) is 0 Å². The molecule has 0 bridgehead atoms. The van der Waals surface area contributed by atoms with Gasteiger partial charge in [-0.15, -0.1) is 0 Å². The van der Waals surface area contributed by atoms with Crippen molar-refractivity contribution in [2.75, 3.05) is 13.1 Å². The van der Waals surface area contributed by atoms with Crippen LogP contribution in [0, 0.1) is 0 Å². The molecule has 2 heteroatoms. The van der Waals surface area contributed by atoms with Crippen LogP contribution in [0.15, 0.2) is 30.3 Å². The molecule has 0 amide bonds. The zero-order valence-corrected chi connectivity index (χ0v) is 12.9. The fraction of sp³-hybridized carbons (Fsp3) is 0.667. The van der Waals surface area contributed by atoms with E-state index in [2.05, 4.69) is 35.6 Å². The molecule has 1 rings (SSSR count). The summed E-state index contributed by atoms with van der Waals surface area (Å²) in [7, 11) is 0. The highest BCUT2D eigenvalue weighted by atomic mass is 14.8. The van der Waals surface area contributed by atoms with Gasteiger partial charge in [-0.2, -0.15) is 0 Å². The summed E-state index contributed by atoms with van der Waals surface area (Å²) >= 11 is 0. The highest BCUT2D eigenvalue weighted by molar-refractivity contribution is 5.14. The molecule has 0 atom stereocenters. The molecule has 0 aliphatic heterocycles. The van der Waals surface area contributed by atoms with E-state index in [1.807, 2.05) is 0 Å². The molecule has 0 unspecified atom stereocenters. The maximum atomic E-state index is 5.48. The van der Waals surface area contributed by atoms with Crippen LogP contribution in [0.25, 0.3) is 0 Å². The second-order valence-electron chi connectivity index (χ2n) is 5.63. The number of nitrogens with one attached hydrogen (secondary N) is 1. The number of benzene rings is 1. The van der Waals surface area contributed by atoms with Crippen LogP contribution < -0.4 is 11.1 Å². The molecule has 0 saturated heterocycles. The summed E-state index contributed by atoms with van der Waals surface area (Å²) in [4.78, 5) is 0. The molecule has 0 fully saturated rings. The molecule has 2 nitrogen and oxygen atoms in total. The predicted octanol–water partition coefficient (Wildman–Crippen LogP) is 4.25. The summed E-state index contributed by atoms with van der Waals surface area (Å²) < 4.78 is 0. The number of hydrogen-bond donors (Lipinski definition) is 2. The summed E-state index contributed by atoms with van der Waals surface area (Å²) in [6.45, 7) is 3.00. The SMILES string of the molecule is NCCCCCCCCCCCNCc1ccccc1. The van der Waals surface area contributed by atoms with Crippen LogP contribution in [0.4, 0.5) is 0 Å². The second kappa shape index (κ2) is 13.1. The minimum Gasteiger partial charge on any atom is -0.330 e. The maximum absolute atomic E-state index is 5.48. The van der Waals surface area contributed by atoms with E-state index in [0.29, 0.717) is 0 Å². The van der Waals surface area contributed by atoms with Crippen molar-refractivity contribution in [3.05, 3.63) is 35.9 Å². The fourth-order valence-electron chi connectivity index (χ4n) is 2.46. The Morgan fingerprint density at radius 1 is 0.700 bits per heavy atom. The van der Waals surface area contributed by atoms with Gasteiger partial charge >= 0.3 is 0 Å². The predicted molar refractivity (Wildman–Crippen MR) is 88.8 cm³/mol. The van der Waals surface area contributed by atoms with Gasteiger partial charge in [-0.1, -0.05) is 75.3 Å². The monoisotopic (exact) mass is 276 g/mol. The number of nitrogens with two attached hydrogens (primary N) is 1. The lowest BCUT2D eigenvalue weighted by atomic mass is 10.1. The Morgan fingerprint density at radius 3 is 1.85 bits per heavy atom. The Balaban J connectivity index is 1.77. The summed E-state index contributed by atoms with van der Waals surface area (Å²) in [6.07, 6.45) is 12.2. The van der Waals surface area contributed by atoms with E-state index in [4.69, 9.17) is 5.73 Å². The first-order valence-electron chi connectivity index (χ1n) is 8.38. The van der Waals surface area contributed by atoms with Gasteiger partial charge in [0.25, 0.3) is 0 Å². The number of unbranched alkanes of at least 4 members (excludes halogenated alkanes) is 8. The summed E-state index contributed by atoms with van der Waals surface area (Å²) in [6, 6.07) is 10.6. The quantitative estimate of drug-likeness (QED) is 0.529. The van der Waals surface area contributed by atoms with Crippen molar-refractivity contribution >= 4 is 0 Å². The van der Waals surface area contributed by atoms with Gasteiger partial charge < -0.3 is 11.1 Å². The van der Waals surface area contributed by atoms with Crippen LogP contribution in [-0.4, -0.2) is 13.1 Å². The Labute approximate surface area is 125 Å². The molecule has 0 aromatic heterocycles. The van der Waals surface area contributed by atoms with Crippen molar-refractivity contribution in [3.8, 4) is 0 Å². The molecule has 0 aliphatic carbocycles. The van der Waals surface area contributed by atoms with Crippen LogP contribution in [0.1, 0.15) is 63.4 Å². The van der Waals surface area contributed by atoms with Gasteiger partial charge in [-0.05, 0) is 31.5 Å². The van der Waals surface area contributed by atoms with Crippen LogP contribution >= 0.6 is 0 Å². The number of hydrogen-bond acceptors (Lipinski definition) is 2. The van der Waals surface area contributed by atoms with Crippen LogP contribution in [0.2, 0.25) is 0 Å². The van der Waals surface area contributed by atoms with Crippen molar-refractivity contribution in [1.29, 1.82) is 0 Å². The van der Waals surface area contributed by atoms with Gasteiger partial charge in [-0.3, -0.25) is 0 Å². The molecular weight excluding hydrogens is 244 g/mol. The molecule has 3 N–H and O–H groups in total. The fourth-order valence-corrected chi connectivity index (χ4v) is 2.46. The third-order valence-corrected chi connectivity index (χ3v) is 3.73. The molecule has 114 valence electrons. The van der Waals surface area contributed by atoms with E-state index >= 15 is 0 Å². The lowest BCUT2D eigenvalue weighted by molar-refractivity contribution is 0.546. The molecule has 0 saturated carbocycles. The lowest BCUT2D eigenvalue weighted by Crippen LogP contribution is -2.14. The summed E-state index contributed by atoms with van der Waals surface area (Å²) in [5.41, 5.74) is 6.86. The smallest absolute Gasteiger partial charge is 0.0205 e. The van der Waals surface area contributed by atoms with Crippen molar-refractivity contribution < 1.29 is 0 Å². The third-order valence-electron chi connectivity index (χ3n) is 3.73. The van der Waals surface area contributed by atoms with Crippen LogP contribution in [0.5, 0.6) is 0 Å². The van der Waals surface area contributed by atoms with E-state index in [-0.39, 0.29) is 0 Å². The van der Waals surface area contributed by atoms with Crippen molar-refractivity contribution in [2.45, 2.75) is 64.3 Å². The summed E-state index contributed by atoms with van der Waals surface area (Å²) in [5.74, 6) is 0. The first kappa shape index (κ1) is 17.2. The van der Waals surface area contributed by atoms with Crippen LogP contribution in [-0.2, 0) is 6.54 Å². The van der Waals surface area contributed by atoms with E-state index < -0.39 is 0 Å². The second-order valence-corrected chi connectivity index (χ2v) is 5.63. The van der Waals surface area contributed by atoms with E-state index in [0.717, 1.165) is 19.6 Å². The third kappa shape index (κ3) is 9.99. The standard InChI is InChI=1S/C18H32N2/c19-15-11-6-4-2-1-3-5-7-12-16-20-17-18-13-9-8-10-14-18/h8-10,13-14,20H,1-7,11-12,15-17,19H2. The van der Waals surface area contributed by atoms with Gasteiger partial charge in [0.1, 0.15) is 0 Å². The summed E-state index contributed by atoms with van der Waals surface area (Å²) in [5, 5.41) is 3.52. The zero-order valence-electron chi connectivity index (χ0n) is 12.9. The van der Waals surface area contributed by atoms with Crippen molar-refractivity contribution in [1.82, 2.24) is 5.32 Å². The topological polar surface area (TPSA) is 38.0 Å². The molecule has 0 radical (unpaired) electrons. The Bertz CT molecular complexity index is 298. The Hall–Kier alpha value is -0.860. The minimum absolute atomic E-state index is 0.857. The molecule has 0 spiro atoms. The lowest BCUT2D eigenvalue weighted by Gasteiger charge is -2.05. The van der Waals surface area contributed by atoms with E-state index in [9.17, 15) is 0 Å². The molecule has 0 aliphatic rings. The van der Waals surface area contributed by atoms with Gasteiger partial charge in [-0.25, -0.2) is 0 Å². The molecule has 1 aromatic rings. The normalized spacial score (nSPS) is 10.8. The average molecular weight is 276 g/mol. The van der Waals surface area contributed by atoms with Gasteiger partial charge in [0.2, 0.25) is 0 Å². The zero-order chi connectivity index (χ0) is 14.3. The Morgan fingerprint density at radius 2 is 1.25 bits per heavy atom. The van der Waals surface area contributed by atoms with Gasteiger partial charge in [0, 0.05) is 6.54 Å². The Kier molecular flexibility index (Phi) is 11.3. The minimum atomic E-state index is 0.857. The average Bonchev–Trinajstić information content (AvgIpc) is 2.49. The molecular formula is C18H32N2. The van der Waals surface area contributed by atoms with Crippen molar-refractivity contribution in [3.63, 3.8) is 0 Å². The maximum Gasteiger partial charge on any atom is 0.0205 e. The number of rotatable bonds is 13. The van der Waals surface area contributed by atoms with E-state index in [1.54, 1.807) is 0 Å². The highest BCUT2D eigenvalue weighted by Crippen LogP contribution is 2.09. The first-order chi connectivity index (χ1) is 9.93.